The lowest BCUT2D eigenvalue weighted by Crippen LogP contribution is -2.30. The Morgan fingerprint density at radius 2 is 1.65 bits per heavy atom. The predicted molar refractivity (Wildman–Crippen MR) is 75.4 cm³/mol. The molecule has 0 aliphatic carbocycles. The van der Waals surface area contributed by atoms with Crippen LogP contribution in [0.4, 0.5) is 0 Å². The Hall–Kier alpha value is 0.630. The largest absolute Gasteiger partial charge is 0.388 e. The fraction of sp³-hybridized carbons (Fsp3) is 0.455. The van der Waals surface area contributed by atoms with E-state index in [1.807, 2.05) is 6.92 Å². The molecule has 6 heteroatoms. The molecule has 1 aromatic rings. The van der Waals surface area contributed by atoms with Crippen molar-refractivity contribution in [3.8, 4) is 0 Å². The molecule has 0 saturated heterocycles. The minimum Gasteiger partial charge on any atom is -0.388 e. The van der Waals surface area contributed by atoms with Gasteiger partial charge in [0.15, 0.2) is 4.33 Å². The maximum Gasteiger partial charge on any atom is 0.227 e. The van der Waals surface area contributed by atoms with E-state index in [4.69, 9.17) is 58.0 Å². The maximum absolute atomic E-state index is 9.89. The van der Waals surface area contributed by atoms with Gasteiger partial charge >= 0.3 is 0 Å². The van der Waals surface area contributed by atoms with Crippen LogP contribution in [0.3, 0.4) is 0 Å². The predicted octanol–water partition coefficient (Wildman–Crippen LogP) is 5.13. The van der Waals surface area contributed by atoms with Crippen LogP contribution in [0.2, 0.25) is 0 Å². The van der Waals surface area contributed by atoms with Crippen LogP contribution in [0.5, 0.6) is 0 Å². The summed E-state index contributed by atoms with van der Waals surface area (Å²) in [4.78, 5) is 0. The van der Waals surface area contributed by atoms with E-state index in [0.717, 1.165) is 0 Å². The van der Waals surface area contributed by atoms with E-state index >= 15 is 0 Å². The van der Waals surface area contributed by atoms with Gasteiger partial charge in [0.05, 0.1) is 6.10 Å². The summed E-state index contributed by atoms with van der Waals surface area (Å²) < 4.78 is -3.61. The minimum absolute atomic E-state index is 0.401. The van der Waals surface area contributed by atoms with Gasteiger partial charge in [-0.05, 0) is 17.5 Å². The third kappa shape index (κ3) is 3.34. The molecule has 1 atom stereocenters. The van der Waals surface area contributed by atoms with Crippen LogP contribution in [-0.2, 0) is 4.33 Å². The summed E-state index contributed by atoms with van der Waals surface area (Å²) in [6, 6.07) is 6.83. The molecule has 0 fully saturated rings. The van der Waals surface area contributed by atoms with Crippen LogP contribution in [0.1, 0.15) is 30.6 Å². The minimum atomic E-state index is -1.89. The Labute approximate surface area is 126 Å². The first-order valence-electron chi connectivity index (χ1n) is 4.93. The van der Waals surface area contributed by atoms with Crippen LogP contribution in [0.15, 0.2) is 24.3 Å². The summed E-state index contributed by atoms with van der Waals surface area (Å²) in [6.45, 7) is 1.83. The Morgan fingerprint density at radius 3 is 2.12 bits per heavy atom. The number of aliphatic hydroxyl groups excluding tert-OH is 1. The smallest absolute Gasteiger partial charge is 0.227 e. The van der Waals surface area contributed by atoms with E-state index < -0.39 is 14.2 Å². The standard InChI is InChI=1S/C11H11Cl5O/c1-2-9(17)7-5-3-4-6-8(7)10(12,13)11(14,15)16/h3-6,9,17H,2H2,1H3. The van der Waals surface area contributed by atoms with Crippen molar-refractivity contribution in [1.29, 1.82) is 0 Å². The van der Waals surface area contributed by atoms with Crippen LogP contribution in [-0.4, -0.2) is 8.90 Å². The van der Waals surface area contributed by atoms with Gasteiger partial charge in [-0.25, -0.2) is 0 Å². The van der Waals surface area contributed by atoms with Gasteiger partial charge in [0, 0.05) is 0 Å². The summed E-state index contributed by atoms with van der Waals surface area (Å²) in [5, 5.41) is 9.89. The number of rotatable bonds is 3. The molecule has 0 aliphatic rings. The molecule has 0 aromatic heterocycles. The van der Waals surface area contributed by atoms with Crippen molar-refractivity contribution in [2.24, 2.45) is 0 Å². The summed E-state index contributed by atoms with van der Waals surface area (Å²) >= 11 is 29.5. The highest BCUT2D eigenvalue weighted by Crippen LogP contribution is 2.54. The van der Waals surface area contributed by atoms with Crippen LogP contribution >= 0.6 is 58.0 Å². The van der Waals surface area contributed by atoms with E-state index in [1.54, 1.807) is 24.3 Å². The highest BCUT2D eigenvalue weighted by molar-refractivity contribution is 6.75. The van der Waals surface area contributed by atoms with Gasteiger partial charge in [-0.15, -0.1) is 0 Å². The second-order valence-corrected chi connectivity index (χ2v) is 7.19. The highest BCUT2D eigenvalue weighted by atomic mass is 35.6. The zero-order valence-electron chi connectivity index (χ0n) is 8.93. The van der Waals surface area contributed by atoms with Crippen LogP contribution in [0.25, 0.3) is 0 Å². The summed E-state index contributed by atoms with van der Waals surface area (Å²) in [7, 11) is 0. The Bertz CT molecular complexity index is 386. The molecular formula is C11H11Cl5O. The molecule has 1 unspecified atom stereocenters. The molecule has 0 amide bonds. The Kier molecular flexibility index (Phi) is 5.29. The van der Waals surface area contributed by atoms with Gasteiger partial charge in [0.25, 0.3) is 0 Å². The van der Waals surface area contributed by atoms with Gasteiger partial charge in [-0.2, -0.15) is 0 Å². The average Bonchev–Trinajstić information content (AvgIpc) is 2.26. The van der Waals surface area contributed by atoms with Gasteiger partial charge < -0.3 is 5.11 Å². The topological polar surface area (TPSA) is 20.2 Å². The monoisotopic (exact) mass is 334 g/mol. The number of hydrogen-bond acceptors (Lipinski definition) is 1. The van der Waals surface area contributed by atoms with Crippen molar-refractivity contribution < 1.29 is 5.11 Å². The molecule has 1 aromatic carbocycles. The summed E-state index contributed by atoms with van der Waals surface area (Å²) in [5.74, 6) is 0. The fourth-order valence-corrected chi connectivity index (χ4v) is 2.10. The molecule has 1 N–H and O–H groups in total. The number of hydrogen-bond donors (Lipinski definition) is 1. The third-order valence-corrected chi connectivity index (χ3v) is 4.81. The second kappa shape index (κ2) is 5.73. The molecule has 0 heterocycles. The molecule has 0 spiro atoms. The van der Waals surface area contributed by atoms with Crippen molar-refractivity contribution in [3.05, 3.63) is 35.4 Å². The van der Waals surface area contributed by atoms with Crippen molar-refractivity contribution >= 4 is 58.0 Å². The summed E-state index contributed by atoms with van der Waals surface area (Å²) in [6.07, 6.45) is -0.184. The van der Waals surface area contributed by atoms with Crippen molar-refractivity contribution in [3.63, 3.8) is 0 Å². The van der Waals surface area contributed by atoms with Gasteiger partial charge in [-0.1, -0.05) is 89.2 Å². The molecule has 0 radical (unpaired) electrons. The van der Waals surface area contributed by atoms with Crippen LogP contribution in [0, 0.1) is 0 Å². The van der Waals surface area contributed by atoms with E-state index in [0.29, 0.717) is 17.5 Å². The maximum atomic E-state index is 9.89. The van der Waals surface area contributed by atoms with Gasteiger partial charge in [0.2, 0.25) is 3.79 Å². The van der Waals surface area contributed by atoms with Crippen molar-refractivity contribution in [2.45, 2.75) is 27.6 Å². The average molecular weight is 336 g/mol. The highest BCUT2D eigenvalue weighted by Gasteiger charge is 2.48. The van der Waals surface area contributed by atoms with Gasteiger partial charge in [0.1, 0.15) is 0 Å². The molecule has 1 nitrogen and oxygen atoms in total. The quantitative estimate of drug-likeness (QED) is 0.759. The third-order valence-electron chi connectivity index (χ3n) is 2.40. The second-order valence-electron chi connectivity index (χ2n) is 3.58. The van der Waals surface area contributed by atoms with Crippen LogP contribution < -0.4 is 0 Å². The van der Waals surface area contributed by atoms with E-state index in [9.17, 15) is 5.11 Å². The molecule has 17 heavy (non-hydrogen) atoms. The lowest BCUT2D eigenvalue weighted by Gasteiger charge is -2.30. The van der Waals surface area contributed by atoms with Crippen molar-refractivity contribution in [1.82, 2.24) is 0 Å². The van der Waals surface area contributed by atoms with Gasteiger partial charge in [-0.3, -0.25) is 0 Å². The normalized spacial score (nSPS) is 14.8. The molecule has 96 valence electrons. The summed E-state index contributed by atoms with van der Waals surface area (Å²) in [5.41, 5.74) is 0.962. The van der Waals surface area contributed by atoms with E-state index in [1.165, 1.54) is 0 Å². The molecule has 1 rings (SSSR count). The molecule has 0 saturated carbocycles. The zero-order chi connectivity index (χ0) is 13.3. The number of aliphatic hydroxyl groups is 1. The first-order valence-corrected chi connectivity index (χ1v) is 6.82. The van der Waals surface area contributed by atoms with E-state index in [-0.39, 0.29) is 0 Å². The first-order chi connectivity index (χ1) is 7.71. The number of alkyl halides is 5. The Balaban J connectivity index is 3.31. The van der Waals surface area contributed by atoms with E-state index in [2.05, 4.69) is 0 Å². The zero-order valence-corrected chi connectivity index (χ0v) is 12.7. The lowest BCUT2D eigenvalue weighted by molar-refractivity contribution is 0.172. The molecule has 0 aliphatic heterocycles. The van der Waals surface area contributed by atoms with Crippen molar-refractivity contribution in [2.75, 3.05) is 0 Å². The Morgan fingerprint density at radius 1 is 1.12 bits per heavy atom. The molecule has 0 bridgehead atoms. The SMILES string of the molecule is CCC(O)c1ccccc1C(Cl)(Cl)C(Cl)(Cl)Cl. The first kappa shape index (κ1) is 15.7. The number of halogens is 5. The lowest BCUT2D eigenvalue weighted by atomic mass is 9.98. The molecular weight excluding hydrogens is 325 g/mol. The fourth-order valence-electron chi connectivity index (χ4n) is 1.45. The number of benzene rings is 1.